The molecule has 10 aromatic rings. The van der Waals surface area contributed by atoms with Gasteiger partial charge in [0.25, 0.3) is 0 Å². The zero-order valence-corrected chi connectivity index (χ0v) is 37.5. The third kappa shape index (κ3) is 4.88. The fourth-order valence-electron chi connectivity index (χ4n) is 12.9. The van der Waals surface area contributed by atoms with E-state index in [-0.39, 0.29) is 17.5 Å². The lowest BCUT2D eigenvalue weighted by Crippen LogP contribution is -2.52. The van der Waals surface area contributed by atoms with E-state index in [0.717, 1.165) is 0 Å². The fraction of sp³-hybridized carbons (Fsp3) is 0.0968. The minimum Gasteiger partial charge on any atom is -0.314 e. The van der Waals surface area contributed by atoms with Gasteiger partial charge in [-0.05, 0) is 110 Å². The third-order valence-corrected chi connectivity index (χ3v) is 15.5. The van der Waals surface area contributed by atoms with E-state index in [1.54, 1.807) is 0 Å². The van der Waals surface area contributed by atoms with Gasteiger partial charge >= 0.3 is 0 Å². The molecule has 312 valence electrons. The second-order valence-corrected chi connectivity index (χ2v) is 19.6. The Labute approximate surface area is 386 Å². The molecule has 3 heterocycles. The van der Waals surface area contributed by atoms with Crippen LogP contribution in [0.15, 0.2) is 217 Å². The first kappa shape index (κ1) is 37.5. The van der Waals surface area contributed by atoms with E-state index in [1.807, 2.05) is 0 Å². The molecule has 0 amide bonds. The van der Waals surface area contributed by atoms with Crippen molar-refractivity contribution in [2.75, 3.05) is 9.80 Å². The van der Waals surface area contributed by atoms with Gasteiger partial charge in [-0.2, -0.15) is 0 Å². The van der Waals surface area contributed by atoms with Gasteiger partial charge in [-0.3, -0.25) is 0 Å². The van der Waals surface area contributed by atoms with E-state index >= 15 is 0 Å². The molecule has 4 aliphatic rings. The molecule has 4 heteroatoms. The van der Waals surface area contributed by atoms with Crippen molar-refractivity contribution in [1.29, 1.82) is 0 Å². The number of nitrogens with zero attached hydrogens (tertiary/aromatic N) is 3. The molecule has 14 rings (SSSR count). The summed E-state index contributed by atoms with van der Waals surface area (Å²) in [7, 11) is 0. The highest BCUT2D eigenvalue weighted by Crippen LogP contribution is 2.62. The SMILES string of the molecule is CC1(C)C2=C(c3cc(-n4c5ccccc5c5ccccc54)ccc31)N(c1ccccc1)c1cccc3c1B2C1=C(N3c2cccc(-c3ccccc3)c2)C(C)(C)c2c1ccc1ccccc21. The molecule has 0 fully saturated rings. The molecule has 2 aliphatic heterocycles. The van der Waals surface area contributed by atoms with Crippen molar-refractivity contribution in [1.82, 2.24) is 4.57 Å². The molecule has 0 unspecified atom stereocenters. The van der Waals surface area contributed by atoms with Crippen molar-refractivity contribution in [3.05, 3.63) is 240 Å². The number of allylic oxidation sites excluding steroid dienone is 2. The van der Waals surface area contributed by atoms with Crippen LogP contribution in [0.25, 0.3) is 60.6 Å². The number of rotatable bonds is 4. The summed E-state index contributed by atoms with van der Waals surface area (Å²) in [5.41, 5.74) is 22.6. The standard InChI is InChI=1S/C62H46BN3/c1-61(2)50-36-34-44(64-51-29-15-13-27-46(51)47-28-14-16-30-52(47)64)38-49(50)58-59(61)63-56-48-35-33-40-21-11-12-26-45(40)55(48)62(3,4)60(56)66(43-25-17-22-41(37-43)39-19-7-5-8-20-39)54-32-18-31-53(57(54)63)65(58)42-23-9-6-10-24-42/h5-38H,1-4H3. The predicted octanol–water partition coefficient (Wildman–Crippen LogP) is 15.1. The van der Waals surface area contributed by atoms with Crippen molar-refractivity contribution in [3.8, 4) is 16.8 Å². The van der Waals surface area contributed by atoms with Crippen molar-refractivity contribution < 1.29 is 0 Å². The summed E-state index contributed by atoms with van der Waals surface area (Å²) < 4.78 is 2.47. The summed E-state index contributed by atoms with van der Waals surface area (Å²) >= 11 is 0. The van der Waals surface area contributed by atoms with E-state index in [2.05, 4.69) is 248 Å². The Morgan fingerprint density at radius 1 is 0.424 bits per heavy atom. The van der Waals surface area contributed by atoms with Gasteiger partial charge in [0.2, 0.25) is 6.71 Å². The van der Waals surface area contributed by atoms with Gasteiger partial charge in [0.1, 0.15) is 0 Å². The number of fused-ring (bicyclic) bond motifs is 11. The number of benzene rings is 9. The zero-order chi connectivity index (χ0) is 44.1. The van der Waals surface area contributed by atoms with Crippen LogP contribution in [0.1, 0.15) is 49.9 Å². The predicted molar refractivity (Wildman–Crippen MR) is 279 cm³/mol. The molecule has 0 saturated carbocycles. The van der Waals surface area contributed by atoms with Crippen molar-refractivity contribution in [2.45, 2.75) is 38.5 Å². The van der Waals surface area contributed by atoms with Gasteiger partial charge in [-0.1, -0.05) is 179 Å². The minimum atomic E-state index is -0.335. The molecular weight excluding hydrogens is 798 g/mol. The van der Waals surface area contributed by atoms with Crippen LogP contribution in [0.3, 0.4) is 0 Å². The van der Waals surface area contributed by atoms with E-state index in [4.69, 9.17) is 0 Å². The number of hydrogen-bond acceptors (Lipinski definition) is 2. The highest BCUT2D eigenvalue weighted by atomic mass is 15.2. The smallest absolute Gasteiger partial charge is 0.249 e. The highest BCUT2D eigenvalue weighted by Gasteiger charge is 2.57. The molecule has 0 spiro atoms. The van der Waals surface area contributed by atoms with Gasteiger partial charge in [0.15, 0.2) is 0 Å². The third-order valence-electron chi connectivity index (χ3n) is 15.5. The van der Waals surface area contributed by atoms with Gasteiger partial charge < -0.3 is 14.4 Å². The Balaban J connectivity index is 1.10. The molecule has 0 N–H and O–H groups in total. The topological polar surface area (TPSA) is 11.4 Å². The molecule has 0 saturated heterocycles. The van der Waals surface area contributed by atoms with Crippen LogP contribution in [0.4, 0.5) is 22.7 Å². The molecule has 0 atom stereocenters. The van der Waals surface area contributed by atoms with Gasteiger partial charge in [0.05, 0.1) is 11.0 Å². The molecule has 2 aliphatic carbocycles. The number of anilines is 4. The van der Waals surface area contributed by atoms with Crippen molar-refractivity contribution in [2.24, 2.45) is 0 Å². The van der Waals surface area contributed by atoms with Crippen LogP contribution in [0, 0.1) is 0 Å². The lowest BCUT2D eigenvalue weighted by atomic mass is 9.29. The molecule has 3 nitrogen and oxygen atoms in total. The number of para-hydroxylation sites is 3. The van der Waals surface area contributed by atoms with Crippen molar-refractivity contribution in [3.63, 3.8) is 0 Å². The first-order chi connectivity index (χ1) is 32.3. The van der Waals surface area contributed by atoms with Gasteiger partial charge in [0, 0.05) is 67.0 Å². The average molecular weight is 844 g/mol. The zero-order valence-electron chi connectivity index (χ0n) is 37.5. The summed E-state index contributed by atoms with van der Waals surface area (Å²) in [5.74, 6) is 0. The maximum atomic E-state index is 2.65. The second-order valence-electron chi connectivity index (χ2n) is 19.6. The van der Waals surface area contributed by atoms with E-state index in [1.165, 1.54) is 122 Å². The summed E-state index contributed by atoms with van der Waals surface area (Å²) in [5, 5.41) is 5.16. The second kappa shape index (κ2) is 13.4. The Kier molecular flexibility index (Phi) is 7.61. The Morgan fingerprint density at radius 2 is 1.03 bits per heavy atom. The summed E-state index contributed by atoms with van der Waals surface area (Å²) in [6.07, 6.45) is 0. The van der Waals surface area contributed by atoms with E-state index < -0.39 is 0 Å². The molecule has 66 heavy (non-hydrogen) atoms. The van der Waals surface area contributed by atoms with E-state index in [9.17, 15) is 0 Å². The average Bonchev–Trinajstić information content (AvgIpc) is 3.91. The lowest BCUT2D eigenvalue weighted by Gasteiger charge is -2.47. The highest BCUT2D eigenvalue weighted by molar-refractivity contribution is 6.99. The van der Waals surface area contributed by atoms with Crippen molar-refractivity contribution >= 4 is 78.7 Å². The maximum Gasteiger partial charge on any atom is 0.249 e. The van der Waals surface area contributed by atoms with E-state index in [0.29, 0.717) is 0 Å². The summed E-state index contributed by atoms with van der Waals surface area (Å²) in [6.45, 7) is 9.93. The Morgan fingerprint density at radius 3 is 1.77 bits per heavy atom. The summed E-state index contributed by atoms with van der Waals surface area (Å²) in [6, 6.07) is 77.1. The molecule has 0 bridgehead atoms. The van der Waals surface area contributed by atoms with Crippen LogP contribution >= 0.6 is 0 Å². The Bertz CT molecular complexity index is 3720. The minimum absolute atomic E-state index is 0.00417. The molecule has 0 radical (unpaired) electrons. The monoisotopic (exact) mass is 843 g/mol. The lowest BCUT2D eigenvalue weighted by molar-refractivity contribution is 0.630. The summed E-state index contributed by atoms with van der Waals surface area (Å²) in [4.78, 5) is 5.26. The van der Waals surface area contributed by atoms with Crippen LogP contribution in [-0.2, 0) is 10.8 Å². The largest absolute Gasteiger partial charge is 0.314 e. The first-order valence-corrected chi connectivity index (χ1v) is 23.4. The molecule has 9 aromatic carbocycles. The van der Waals surface area contributed by atoms with Crippen LogP contribution < -0.4 is 15.3 Å². The normalized spacial score (nSPS) is 16.2. The van der Waals surface area contributed by atoms with Crippen LogP contribution in [0.2, 0.25) is 0 Å². The fourth-order valence-corrected chi connectivity index (χ4v) is 12.9. The molecular formula is C62H46BN3. The van der Waals surface area contributed by atoms with Crippen LogP contribution in [0.5, 0.6) is 0 Å². The maximum absolute atomic E-state index is 2.65. The Hall–Kier alpha value is -7.82. The molecule has 1 aromatic heterocycles. The first-order valence-electron chi connectivity index (χ1n) is 23.4. The quantitative estimate of drug-likeness (QED) is 0.164. The van der Waals surface area contributed by atoms with Gasteiger partial charge in [-0.25, -0.2) is 0 Å². The number of aromatic nitrogens is 1. The van der Waals surface area contributed by atoms with Crippen LogP contribution in [-0.4, -0.2) is 11.3 Å². The van der Waals surface area contributed by atoms with Gasteiger partial charge in [-0.15, -0.1) is 0 Å². The number of hydrogen-bond donors (Lipinski definition) is 0.